The number of halogens is 1. The highest BCUT2D eigenvalue weighted by Gasteiger charge is 2.31. The van der Waals surface area contributed by atoms with Gasteiger partial charge >= 0.3 is 0 Å². The molecule has 0 spiro atoms. The van der Waals surface area contributed by atoms with Gasteiger partial charge in [0.25, 0.3) is 5.91 Å². The van der Waals surface area contributed by atoms with Crippen LogP contribution in [-0.4, -0.2) is 33.7 Å². The number of carbonyl (C=O) groups is 1. The highest BCUT2D eigenvalue weighted by Crippen LogP contribution is 2.36. The molecule has 1 aliphatic rings. The van der Waals surface area contributed by atoms with E-state index in [4.69, 9.17) is 22.1 Å². The fourth-order valence-corrected chi connectivity index (χ4v) is 3.21. The van der Waals surface area contributed by atoms with Crippen molar-refractivity contribution in [2.75, 3.05) is 12.0 Å². The molecule has 2 N–H and O–H groups in total. The second kappa shape index (κ2) is 6.49. The summed E-state index contributed by atoms with van der Waals surface area (Å²) in [6, 6.07) is 10.2. The molecule has 26 heavy (non-hydrogen) atoms. The molecule has 0 saturated heterocycles. The molecule has 0 radical (unpaired) electrons. The molecule has 134 valence electrons. The number of ether oxygens (including phenoxy) is 1. The number of hydrogen-bond donors (Lipinski definition) is 1. The normalized spacial score (nSPS) is 13.8. The summed E-state index contributed by atoms with van der Waals surface area (Å²) in [6.07, 6.45) is 3.64. The van der Waals surface area contributed by atoms with E-state index in [-0.39, 0.29) is 10.8 Å². The molecular formula is C18H18ClN5O2. The minimum atomic E-state index is -0.591. The van der Waals surface area contributed by atoms with Crippen LogP contribution in [0.2, 0.25) is 5.15 Å². The molecule has 8 heteroatoms. The van der Waals surface area contributed by atoms with E-state index in [0.29, 0.717) is 18.2 Å². The Kier molecular flexibility index (Phi) is 4.16. The van der Waals surface area contributed by atoms with E-state index in [0.717, 1.165) is 29.8 Å². The molecular weight excluding hydrogens is 354 g/mol. The first-order chi connectivity index (χ1) is 12.6. The topological polar surface area (TPSA) is 85.8 Å². The Balaban J connectivity index is 1.76. The van der Waals surface area contributed by atoms with E-state index in [9.17, 15) is 4.79 Å². The average Bonchev–Trinajstić information content (AvgIpc) is 3.38. The van der Waals surface area contributed by atoms with Gasteiger partial charge in [-0.05, 0) is 30.5 Å². The lowest BCUT2D eigenvalue weighted by atomic mass is 10.2. The number of amides is 1. The Morgan fingerprint density at radius 1 is 1.38 bits per heavy atom. The molecule has 1 aromatic carbocycles. The molecule has 0 aliphatic heterocycles. The van der Waals surface area contributed by atoms with E-state index in [1.807, 2.05) is 24.3 Å². The minimum Gasteiger partial charge on any atom is -0.497 e. The van der Waals surface area contributed by atoms with Gasteiger partial charge in [0.2, 0.25) is 0 Å². The van der Waals surface area contributed by atoms with E-state index in [2.05, 4.69) is 15.0 Å². The lowest BCUT2D eigenvalue weighted by Gasteiger charge is -2.25. The smallest absolute Gasteiger partial charge is 0.269 e. The van der Waals surface area contributed by atoms with Gasteiger partial charge in [-0.15, -0.1) is 0 Å². The largest absolute Gasteiger partial charge is 0.497 e. The molecule has 1 fully saturated rings. The summed E-state index contributed by atoms with van der Waals surface area (Å²) in [4.78, 5) is 18.2. The van der Waals surface area contributed by atoms with Gasteiger partial charge in [-0.2, -0.15) is 5.10 Å². The molecule has 1 aliphatic carbocycles. The highest BCUT2D eigenvalue weighted by molar-refractivity contribution is 6.29. The van der Waals surface area contributed by atoms with E-state index in [1.165, 1.54) is 10.7 Å². The van der Waals surface area contributed by atoms with Crippen molar-refractivity contribution in [3.8, 4) is 5.75 Å². The van der Waals surface area contributed by atoms with Crippen molar-refractivity contribution in [2.45, 2.75) is 25.4 Å². The number of hydrogen-bond acceptors (Lipinski definition) is 5. The molecule has 2 heterocycles. The summed E-state index contributed by atoms with van der Waals surface area (Å²) < 4.78 is 6.64. The summed E-state index contributed by atoms with van der Waals surface area (Å²) in [6.45, 7) is 0.698. The molecule has 2 aromatic heterocycles. The molecule has 3 aromatic rings. The van der Waals surface area contributed by atoms with Crippen molar-refractivity contribution < 1.29 is 9.53 Å². The maximum absolute atomic E-state index is 11.6. The summed E-state index contributed by atoms with van der Waals surface area (Å²) >= 11 is 6.21. The molecule has 1 saturated carbocycles. The summed E-state index contributed by atoms with van der Waals surface area (Å²) in [5, 5.41) is 4.47. The van der Waals surface area contributed by atoms with Crippen molar-refractivity contribution in [1.82, 2.24) is 14.6 Å². The third-order valence-electron chi connectivity index (χ3n) is 4.48. The van der Waals surface area contributed by atoms with Gasteiger partial charge in [0.05, 0.1) is 19.0 Å². The van der Waals surface area contributed by atoms with E-state index < -0.39 is 5.91 Å². The van der Waals surface area contributed by atoms with Gasteiger partial charge < -0.3 is 15.4 Å². The lowest BCUT2D eigenvalue weighted by Crippen LogP contribution is -2.26. The number of carbonyl (C=O) groups excluding carboxylic acids is 1. The predicted molar refractivity (Wildman–Crippen MR) is 98.7 cm³/mol. The standard InChI is InChI=1S/C18H18ClN5O2/c1-26-13-6-2-11(3-7-13)10-23(12-4-5-12)14-8-16(19)22-24-15(17(20)25)9-21-18(14)24/h2-3,6-9,12H,4-5,10H2,1H3,(H2,20,25). The number of imidazole rings is 1. The Labute approximate surface area is 155 Å². The van der Waals surface area contributed by atoms with Gasteiger partial charge in [-0.25, -0.2) is 9.50 Å². The molecule has 7 nitrogen and oxygen atoms in total. The average molecular weight is 372 g/mol. The minimum absolute atomic E-state index is 0.212. The number of aromatic nitrogens is 3. The van der Waals surface area contributed by atoms with Crippen LogP contribution in [0.1, 0.15) is 28.9 Å². The van der Waals surface area contributed by atoms with Crippen LogP contribution < -0.4 is 15.4 Å². The molecule has 0 unspecified atom stereocenters. The first-order valence-corrected chi connectivity index (χ1v) is 8.68. The van der Waals surface area contributed by atoms with Crippen molar-refractivity contribution >= 4 is 28.8 Å². The van der Waals surface area contributed by atoms with Crippen LogP contribution in [0.5, 0.6) is 5.75 Å². The fraction of sp³-hybridized carbons (Fsp3) is 0.278. The lowest BCUT2D eigenvalue weighted by molar-refractivity contribution is 0.0993. The maximum atomic E-state index is 11.6. The first-order valence-electron chi connectivity index (χ1n) is 8.30. The van der Waals surface area contributed by atoms with Crippen LogP contribution in [0.3, 0.4) is 0 Å². The summed E-state index contributed by atoms with van der Waals surface area (Å²) in [5.74, 6) is 0.228. The van der Waals surface area contributed by atoms with Crippen LogP contribution in [0, 0.1) is 0 Å². The van der Waals surface area contributed by atoms with Gasteiger partial charge in [-0.3, -0.25) is 4.79 Å². The molecule has 0 atom stereocenters. The van der Waals surface area contributed by atoms with E-state index in [1.54, 1.807) is 13.2 Å². The Morgan fingerprint density at radius 3 is 2.73 bits per heavy atom. The fourth-order valence-electron chi connectivity index (χ4n) is 3.03. The zero-order valence-electron chi connectivity index (χ0n) is 14.2. The summed E-state index contributed by atoms with van der Waals surface area (Å²) in [7, 11) is 1.65. The number of anilines is 1. The highest BCUT2D eigenvalue weighted by atomic mass is 35.5. The van der Waals surface area contributed by atoms with Gasteiger partial charge in [-0.1, -0.05) is 23.7 Å². The number of primary amides is 1. The van der Waals surface area contributed by atoms with Gasteiger partial charge in [0.1, 0.15) is 11.4 Å². The zero-order valence-corrected chi connectivity index (χ0v) is 15.0. The van der Waals surface area contributed by atoms with Crippen molar-refractivity contribution in [3.63, 3.8) is 0 Å². The van der Waals surface area contributed by atoms with E-state index >= 15 is 0 Å². The van der Waals surface area contributed by atoms with Gasteiger partial charge in [0.15, 0.2) is 10.8 Å². The second-order valence-electron chi connectivity index (χ2n) is 6.30. The predicted octanol–water partition coefficient (Wildman–Crippen LogP) is 2.66. The number of nitrogens with two attached hydrogens (primary N) is 1. The van der Waals surface area contributed by atoms with Crippen LogP contribution in [0.25, 0.3) is 5.65 Å². The SMILES string of the molecule is COc1ccc(CN(c2cc(Cl)nn3c(C(N)=O)cnc23)C2CC2)cc1. The quantitative estimate of drug-likeness (QED) is 0.720. The van der Waals surface area contributed by atoms with Crippen molar-refractivity contribution in [1.29, 1.82) is 0 Å². The van der Waals surface area contributed by atoms with Gasteiger partial charge in [0, 0.05) is 18.7 Å². The first kappa shape index (κ1) is 16.7. The Morgan fingerprint density at radius 2 is 2.12 bits per heavy atom. The Hall–Kier alpha value is -2.80. The molecule has 4 rings (SSSR count). The maximum Gasteiger partial charge on any atom is 0.269 e. The zero-order chi connectivity index (χ0) is 18.3. The number of methoxy groups -OCH3 is 1. The van der Waals surface area contributed by atoms with Crippen molar-refractivity contribution in [3.05, 3.63) is 52.9 Å². The third kappa shape index (κ3) is 3.06. The number of rotatable bonds is 6. The van der Waals surface area contributed by atoms with Crippen molar-refractivity contribution in [2.24, 2.45) is 5.73 Å². The van der Waals surface area contributed by atoms with Crippen LogP contribution in [0.4, 0.5) is 5.69 Å². The van der Waals surface area contributed by atoms with Crippen LogP contribution >= 0.6 is 11.6 Å². The molecule has 1 amide bonds. The number of nitrogens with zero attached hydrogens (tertiary/aromatic N) is 4. The number of fused-ring (bicyclic) bond motifs is 1. The van der Waals surface area contributed by atoms with Crippen LogP contribution in [0.15, 0.2) is 36.5 Å². The Bertz CT molecular complexity index is 966. The van der Waals surface area contributed by atoms with Crippen LogP contribution in [-0.2, 0) is 6.54 Å². The monoisotopic (exact) mass is 371 g/mol. The number of benzene rings is 1. The third-order valence-corrected chi connectivity index (χ3v) is 4.66. The second-order valence-corrected chi connectivity index (χ2v) is 6.69. The summed E-state index contributed by atoms with van der Waals surface area (Å²) in [5.41, 5.74) is 8.19. The molecule has 0 bridgehead atoms.